The Hall–Kier alpha value is -1.89. The number of piperazine rings is 1. The van der Waals surface area contributed by atoms with E-state index in [1.54, 1.807) is 12.3 Å². The molecule has 1 aromatic rings. The number of hydrogen-bond acceptors (Lipinski definition) is 5. The molecule has 0 spiro atoms. The van der Waals surface area contributed by atoms with Crippen molar-refractivity contribution in [2.24, 2.45) is 11.8 Å². The van der Waals surface area contributed by atoms with E-state index >= 15 is 0 Å². The number of aromatic nitrogens is 2. The van der Waals surface area contributed by atoms with Gasteiger partial charge in [-0.2, -0.15) is 5.10 Å². The highest BCUT2D eigenvalue weighted by molar-refractivity contribution is 5.79. The smallest absolute Gasteiger partial charge is 0.268 e. The van der Waals surface area contributed by atoms with Gasteiger partial charge in [0.2, 0.25) is 5.91 Å². The van der Waals surface area contributed by atoms with Crippen molar-refractivity contribution in [1.82, 2.24) is 19.6 Å². The fourth-order valence-corrected chi connectivity index (χ4v) is 4.29. The van der Waals surface area contributed by atoms with Crippen molar-refractivity contribution in [2.45, 2.75) is 46.6 Å². The zero-order chi connectivity index (χ0) is 20.1. The number of anilines is 1. The third-order valence-corrected chi connectivity index (χ3v) is 5.81. The van der Waals surface area contributed by atoms with Gasteiger partial charge >= 0.3 is 0 Å². The molecule has 7 nitrogen and oxygen atoms in total. The van der Waals surface area contributed by atoms with Crippen LogP contribution in [0.1, 0.15) is 40.0 Å². The predicted octanol–water partition coefficient (Wildman–Crippen LogP) is 1.67. The third kappa shape index (κ3) is 5.13. The van der Waals surface area contributed by atoms with Crippen LogP contribution >= 0.6 is 0 Å². The van der Waals surface area contributed by atoms with Crippen molar-refractivity contribution in [2.75, 3.05) is 50.7 Å². The van der Waals surface area contributed by atoms with E-state index in [0.29, 0.717) is 18.4 Å². The van der Waals surface area contributed by atoms with Gasteiger partial charge in [-0.15, -0.1) is 0 Å². The number of hydrogen-bond donors (Lipinski definition) is 0. The summed E-state index contributed by atoms with van der Waals surface area (Å²) in [5, 5.41) is 4.28. The maximum atomic E-state index is 12.9. The van der Waals surface area contributed by atoms with Crippen LogP contribution in [0.25, 0.3) is 0 Å². The Labute approximate surface area is 168 Å². The Morgan fingerprint density at radius 2 is 1.82 bits per heavy atom. The van der Waals surface area contributed by atoms with Gasteiger partial charge in [0, 0.05) is 64.3 Å². The van der Waals surface area contributed by atoms with Crippen molar-refractivity contribution in [3.8, 4) is 0 Å². The summed E-state index contributed by atoms with van der Waals surface area (Å²) in [4.78, 5) is 31.8. The topological polar surface area (TPSA) is 61.7 Å². The molecule has 3 rings (SSSR count). The van der Waals surface area contributed by atoms with Crippen molar-refractivity contribution in [3.05, 3.63) is 22.6 Å². The van der Waals surface area contributed by atoms with E-state index in [-0.39, 0.29) is 11.5 Å². The van der Waals surface area contributed by atoms with Crippen LogP contribution in [-0.4, -0.2) is 71.3 Å². The van der Waals surface area contributed by atoms with Gasteiger partial charge in [0.25, 0.3) is 5.56 Å². The quantitative estimate of drug-likeness (QED) is 0.741. The summed E-state index contributed by atoms with van der Waals surface area (Å²) in [6, 6.07) is 1.68. The summed E-state index contributed by atoms with van der Waals surface area (Å²) in [5.41, 5.74) is 0.836. The summed E-state index contributed by atoms with van der Waals surface area (Å²) in [5.74, 6) is 1.10. The second-order valence-corrected chi connectivity index (χ2v) is 8.56. The summed E-state index contributed by atoms with van der Waals surface area (Å²) >= 11 is 0. The number of carbonyl (C=O) groups is 1. The number of amides is 1. The zero-order valence-corrected chi connectivity index (χ0v) is 17.6. The lowest BCUT2D eigenvalue weighted by atomic mass is 9.94. The molecule has 1 aromatic heterocycles. The number of piperidine rings is 1. The molecule has 2 aliphatic heterocycles. The van der Waals surface area contributed by atoms with Crippen molar-refractivity contribution < 1.29 is 4.79 Å². The van der Waals surface area contributed by atoms with Crippen LogP contribution in [0.3, 0.4) is 0 Å². The highest BCUT2D eigenvalue weighted by Crippen LogP contribution is 2.24. The largest absolute Gasteiger partial charge is 0.370 e. The molecule has 0 saturated carbocycles. The van der Waals surface area contributed by atoms with E-state index in [9.17, 15) is 9.59 Å². The molecule has 2 aliphatic rings. The molecule has 0 aliphatic carbocycles. The fourth-order valence-electron chi connectivity index (χ4n) is 4.29. The molecular formula is C21H35N5O2. The Balaban J connectivity index is 1.49. The molecule has 7 heteroatoms. The minimum atomic E-state index is -0.0446. The molecule has 156 valence electrons. The van der Waals surface area contributed by atoms with Gasteiger partial charge in [-0.1, -0.05) is 20.8 Å². The van der Waals surface area contributed by atoms with E-state index < -0.39 is 0 Å². The first-order chi connectivity index (χ1) is 13.5. The van der Waals surface area contributed by atoms with Crippen molar-refractivity contribution in [3.63, 3.8) is 0 Å². The van der Waals surface area contributed by atoms with E-state index in [1.807, 2.05) is 6.92 Å². The molecule has 1 amide bonds. The lowest BCUT2D eigenvalue weighted by Crippen LogP contribution is -2.52. The molecule has 0 unspecified atom stereocenters. The Morgan fingerprint density at radius 3 is 2.39 bits per heavy atom. The molecule has 3 heterocycles. The minimum absolute atomic E-state index is 0.0446. The van der Waals surface area contributed by atoms with Crippen LogP contribution in [0.5, 0.6) is 0 Å². The van der Waals surface area contributed by atoms with Crippen LogP contribution in [0.15, 0.2) is 17.1 Å². The van der Waals surface area contributed by atoms with Crippen LogP contribution in [0, 0.1) is 11.8 Å². The van der Waals surface area contributed by atoms with Gasteiger partial charge in [0.05, 0.1) is 11.9 Å². The van der Waals surface area contributed by atoms with Gasteiger partial charge in [0.1, 0.15) is 0 Å². The number of carbonyl (C=O) groups excluding carboxylic acids is 1. The average molecular weight is 390 g/mol. The highest BCUT2D eigenvalue weighted by Gasteiger charge is 2.30. The predicted molar refractivity (Wildman–Crippen MR) is 112 cm³/mol. The Bertz CT molecular complexity index is 701. The van der Waals surface area contributed by atoms with Crippen LogP contribution in [0.2, 0.25) is 0 Å². The lowest BCUT2D eigenvalue weighted by Gasteiger charge is -2.39. The van der Waals surface area contributed by atoms with Crippen LogP contribution in [-0.2, 0) is 11.3 Å². The molecule has 0 N–H and O–H groups in total. The summed E-state index contributed by atoms with van der Waals surface area (Å²) in [6.07, 6.45) is 4.38. The third-order valence-electron chi connectivity index (χ3n) is 5.81. The number of nitrogens with zero attached hydrogens (tertiary/aromatic N) is 5. The first-order valence-electron chi connectivity index (χ1n) is 10.8. The SMILES string of the molecule is CCCn1ncc(N2CCC(C(=O)N3CCN(CC(C)C)CC3)CC2)cc1=O. The zero-order valence-electron chi connectivity index (χ0n) is 17.6. The average Bonchev–Trinajstić information content (AvgIpc) is 2.69. The second-order valence-electron chi connectivity index (χ2n) is 8.56. The van der Waals surface area contributed by atoms with Crippen molar-refractivity contribution in [1.29, 1.82) is 0 Å². The van der Waals surface area contributed by atoms with Crippen LogP contribution < -0.4 is 10.5 Å². The fraction of sp³-hybridized carbons (Fsp3) is 0.762. The van der Waals surface area contributed by atoms with E-state index in [1.165, 1.54) is 4.68 Å². The van der Waals surface area contributed by atoms with Gasteiger partial charge in [-0.3, -0.25) is 14.5 Å². The molecule has 0 atom stereocenters. The van der Waals surface area contributed by atoms with Crippen molar-refractivity contribution >= 4 is 11.6 Å². The summed E-state index contributed by atoms with van der Waals surface area (Å²) in [7, 11) is 0. The summed E-state index contributed by atoms with van der Waals surface area (Å²) < 4.78 is 1.51. The maximum Gasteiger partial charge on any atom is 0.268 e. The van der Waals surface area contributed by atoms with E-state index in [4.69, 9.17) is 0 Å². The highest BCUT2D eigenvalue weighted by atomic mass is 16.2. The van der Waals surface area contributed by atoms with Gasteiger partial charge in [-0.25, -0.2) is 4.68 Å². The molecule has 2 fully saturated rings. The van der Waals surface area contributed by atoms with Crippen LogP contribution in [0.4, 0.5) is 5.69 Å². The Morgan fingerprint density at radius 1 is 1.14 bits per heavy atom. The van der Waals surface area contributed by atoms with Gasteiger partial charge in [-0.05, 0) is 25.2 Å². The van der Waals surface area contributed by atoms with Gasteiger partial charge < -0.3 is 9.80 Å². The van der Waals surface area contributed by atoms with E-state index in [0.717, 1.165) is 70.8 Å². The number of aryl methyl sites for hydroxylation is 1. The maximum absolute atomic E-state index is 12.9. The summed E-state index contributed by atoms with van der Waals surface area (Å²) in [6.45, 7) is 13.6. The molecule has 0 aromatic carbocycles. The molecule has 0 bridgehead atoms. The molecular weight excluding hydrogens is 354 g/mol. The van der Waals surface area contributed by atoms with E-state index in [2.05, 4.69) is 33.6 Å². The Kier molecular flexibility index (Phi) is 7.10. The molecule has 0 radical (unpaired) electrons. The normalized spacial score (nSPS) is 19.4. The minimum Gasteiger partial charge on any atom is -0.370 e. The first kappa shape index (κ1) is 20.8. The molecule has 28 heavy (non-hydrogen) atoms. The van der Waals surface area contributed by atoms with Gasteiger partial charge in [0.15, 0.2) is 0 Å². The number of rotatable bonds is 6. The monoisotopic (exact) mass is 389 g/mol. The molecule has 2 saturated heterocycles. The lowest BCUT2D eigenvalue weighted by molar-refractivity contribution is -0.138. The standard InChI is InChI=1S/C21H35N5O2/c1-4-7-26-20(27)14-19(15-22-26)24-8-5-18(6-9-24)21(28)25-12-10-23(11-13-25)16-17(2)3/h14-15,17-18H,4-13,16H2,1-3H3. The first-order valence-corrected chi connectivity index (χ1v) is 10.8. The second kappa shape index (κ2) is 9.54.